The van der Waals surface area contributed by atoms with Crippen molar-refractivity contribution in [1.29, 1.82) is 0 Å². The molecule has 37 heavy (non-hydrogen) atoms. The van der Waals surface area contributed by atoms with E-state index >= 15 is 0 Å². The summed E-state index contributed by atoms with van der Waals surface area (Å²) in [6, 6.07) is 12.5. The minimum Gasteiger partial charge on any atom is -0.493 e. The highest BCUT2D eigenvalue weighted by Crippen LogP contribution is 2.41. The fourth-order valence-electron chi connectivity index (χ4n) is 3.65. The van der Waals surface area contributed by atoms with Crippen molar-refractivity contribution < 1.29 is 28.5 Å². The zero-order chi connectivity index (χ0) is 26.4. The molecule has 2 heterocycles. The number of nitrogens with one attached hydrogen (secondary N) is 1. The van der Waals surface area contributed by atoms with E-state index in [9.17, 15) is 4.79 Å². The van der Waals surface area contributed by atoms with E-state index in [-0.39, 0.29) is 11.7 Å². The molecular weight excluding hydrogens is 498 g/mol. The molecule has 4 aromatic rings. The number of hydrogen-bond donors (Lipinski definition) is 1. The third-order valence-electron chi connectivity index (χ3n) is 5.35. The quantitative estimate of drug-likeness (QED) is 0.292. The molecule has 0 atom stereocenters. The fourth-order valence-corrected chi connectivity index (χ4v) is 4.39. The van der Waals surface area contributed by atoms with Crippen molar-refractivity contribution in [2.45, 2.75) is 5.16 Å². The molecule has 0 unspecified atom stereocenters. The van der Waals surface area contributed by atoms with Crippen molar-refractivity contribution in [2.24, 2.45) is 0 Å². The highest BCUT2D eigenvalue weighted by Gasteiger charge is 2.21. The fraction of sp³-hybridized carbons (Fsp3) is 0.240. The summed E-state index contributed by atoms with van der Waals surface area (Å²) in [4.78, 5) is 12.7. The first-order valence-electron chi connectivity index (χ1n) is 11.1. The molecule has 0 saturated heterocycles. The average molecular weight is 526 g/mol. The van der Waals surface area contributed by atoms with E-state index in [1.807, 2.05) is 29.2 Å². The van der Waals surface area contributed by atoms with Gasteiger partial charge in [-0.2, -0.15) is 0 Å². The summed E-state index contributed by atoms with van der Waals surface area (Å²) in [6.07, 6.45) is 3.72. The molecule has 0 saturated carbocycles. The van der Waals surface area contributed by atoms with Gasteiger partial charge in [-0.3, -0.25) is 9.47 Å². The highest BCUT2D eigenvalue weighted by atomic mass is 32.2. The molecule has 0 radical (unpaired) electrons. The highest BCUT2D eigenvalue weighted by molar-refractivity contribution is 7.99. The number of methoxy groups -OCH3 is 5. The summed E-state index contributed by atoms with van der Waals surface area (Å²) in [6.45, 7) is 0. The van der Waals surface area contributed by atoms with Gasteiger partial charge in [-0.25, -0.2) is 4.68 Å². The number of carbonyl (C=O) groups excluding carboxylic acids is 1. The maximum absolute atomic E-state index is 12.7. The van der Waals surface area contributed by atoms with Crippen LogP contribution in [0.15, 0.2) is 60.0 Å². The van der Waals surface area contributed by atoms with Crippen LogP contribution in [0.25, 0.3) is 11.4 Å². The third kappa shape index (κ3) is 5.43. The Morgan fingerprint density at radius 2 is 1.49 bits per heavy atom. The number of hydrogen-bond acceptors (Lipinski definition) is 9. The molecule has 0 bridgehead atoms. The Morgan fingerprint density at radius 3 is 2.08 bits per heavy atom. The Hall–Kier alpha value is -4.32. The lowest BCUT2D eigenvalue weighted by Gasteiger charge is -2.15. The summed E-state index contributed by atoms with van der Waals surface area (Å²) in [7, 11) is 7.75. The zero-order valence-corrected chi connectivity index (χ0v) is 21.9. The summed E-state index contributed by atoms with van der Waals surface area (Å²) in [5, 5.41) is 12.1. The molecule has 0 spiro atoms. The Morgan fingerprint density at radius 1 is 0.838 bits per heavy atom. The van der Waals surface area contributed by atoms with Crippen molar-refractivity contribution in [3.05, 3.63) is 54.9 Å². The van der Waals surface area contributed by atoms with E-state index in [1.54, 1.807) is 70.6 Å². The van der Waals surface area contributed by atoms with Gasteiger partial charge in [-0.15, -0.1) is 10.2 Å². The number of thioether (sulfide) groups is 1. The molecule has 1 amide bonds. The SMILES string of the molecule is COc1ccc(NC(=O)CSc2nnc(-c3cc(OC)c(OC)c(OC)c3)n2-n2cccc2)cc1OC. The van der Waals surface area contributed by atoms with Crippen LogP contribution in [0.1, 0.15) is 0 Å². The van der Waals surface area contributed by atoms with Gasteiger partial charge in [0.2, 0.25) is 16.8 Å². The van der Waals surface area contributed by atoms with E-state index in [0.717, 1.165) is 0 Å². The minimum absolute atomic E-state index is 0.100. The summed E-state index contributed by atoms with van der Waals surface area (Å²) in [5.74, 6) is 2.96. The van der Waals surface area contributed by atoms with Gasteiger partial charge in [-0.05, 0) is 36.4 Å². The van der Waals surface area contributed by atoms with Crippen LogP contribution in [0.3, 0.4) is 0 Å². The Balaban J connectivity index is 1.61. The summed E-state index contributed by atoms with van der Waals surface area (Å²) < 4.78 is 30.6. The van der Waals surface area contributed by atoms with Gasteiger partial charge < -0.3 is 29.0 Å². The first kappa shape index (κ1) is 25.8. The van der Waals surface area contributed by atoms with Crippen LogP contribution in [0.5, 0.6) is 28.7 Å². The van der Waals surface area contributed by atoms with Crippen LogP contribution >= 0.6 is 11.8 Å². The summed E-state index contributed by atoms with van der Waals surface area (Å²) in [5.41, 5.74) is 1.28. The van der Waals surface area contributed by atoms with Crippen molar-refractivity contribution in [3.63, 3.8) is 0 Å². The number of aromatic nitrogens is 4. The van der Waals surface area contributed by atoms with Crippen LogP contribution in [0.4, 0.5) is 5.69 Å². The predicted octanol–water partition coefficient (Wildman–Crippen LogP) is 3.83. The second-order valence-electron chi connectivity index (χ2n) is 7.50. The number of nitrogens with zero attached hydrogens (tertiary/aromatic N) is 4. The van der Waals surface area contributed by atoms with E-state index < -0.39 is 0 Å². The van der Waals surface area contributed by atoms with Crippen LogP contribution < -0.4 is 29.0 Å². The zero-order valence-electron chi connectivity index (χ0n) is 21.0. The second-order valence-corrected chi connectivity index (χ2v) is 8.44. The molecule has 0 aliphatic carbocycles. The number of carbonyl (C=O) groups is 1. The average Bonchev–Trinajstić information content (AvgIpc) is 3.60. The molecule has 12 heteroatoms. The van der Waals surface area contributed by atoms with Crippen LogP contribution in [0, 0.1) is 0 Å². The molecule has 1 N–H and O–H groups in total. The molecule has 194 valence electrons. The molecule has 0 aliphatic rings. The van der Waals surface area contributed by atoms with E-state index in [1.165, 1.54) is 11.8 Å². The molecule has 4 rings (SSSR count). The predicted molar refractivity (Wildman–Crippen MR) is 139 cm³/mol. The van der Waals surface area contributed by atoms with Crippen LogP contribution in [-0.4, -0.2) is 66.8 Å². The number of amides is 1. The number of rotatable bonds is 11. The standard InChI is InChI=1S/C25H27N5O6S/c1-32-18-9-8-17(14-19(18)33-2)26-22(31)15-37-25-28-27-24(30(25)29-10-6-7-11-29)16-12-20(34-3)23(36-5)21(13-16)35-4/h6-14H,15H2,1-5H3,(H,26,31). The van der Waals surface area contributed by atoms with E-state index in [0.29, 0.717) is 51.0 Å². The molecular formula is C25H27N5O6S. The van der Waals surface area contributed by atoms with Crippen molar-refractivity contribution in [1.82, 2.24) is 19.5 Å². The first-order chi connectivity index (χ1) is 18.0. The molecule has 2 aromatic heterocycles. The van der Waals surface area contributed by atoms with Crippen molar-refractivity contribution in [2.75, 3.05) is 46.6 Å². The smallest absolute Gasteiger partial charge is 0.234 e. The number of ether oxygens (including phenoxy) is 5. The second kappa shape index (κ2) is 11.6. The largest absolute Gasteiger partial charge is 0.493 e. The molecule has 11 nitrogen and oxygen atoms in total. The van der Waals surface area contributed by atoms with Gasteiger partial charge in [0.25, 0.3) is 0 Å². The molecule has 0 aliphatic heterocycles. The monoisotopic (exact) mass is 525 g/mol. The maximum Gasteiger partial charge on any atom is 0.234 e. The lowest BCUT2D eigenvalue weighted by Crippen LogP contribution is -2.16. The normalized spacial score (nSPS) is 10.6. The van der Waals surface area contributed by atoms with Crippen LogP contribution in [-0.2, 0) is 4.79 Å². The lowest BCUT2D eigenvalue weighted by atomic mass is 10.1. The number of anilines is 1. The van der Waals surface area contributed by atoms with Gasteiger partial charge in [0.1, 0.15) is 0 Å². The molecule has 0 fully saturated rings. The number of benzene rings is 2. The Labute approximate surface area is 218 Å². The van der Waals surface area contributed by atoms with E-state index in [2.05, 4.69) is 15.5 Å². The van der Waals surface area contributed by atoms with Crippen LogP contribution in [0.2, 0.25) is 0 Å². The van der Waals surface area contributed by atoms with Gasteiger partial charge in [0.15, 0.2) is 28.8 Å². The minimum atomic E-state index is -0.214. The third-order valence-corrected chi connectivity index (χ3v) is 6.27. The van der Waals surface area contributed by atoms with Crippen molar-refractivity contribution in [3.8, 4) is 40.1 Å². The Bertz CT molecular complexity index is 1350. The topological polar surface area (TPSA) is 111 Å². The molecule has 2 aromatic carbocycles. The summed E-state index contributed by atoms with van der Waals surface area (Å²) >= 11 is 1.25. The van der Waals surface area contributed by atoms with Gasteiger partial charge in [0.05, 0.1) is 41.3 Å². The first-order valence-corrected chi connectivity index (χ1v) is 12.1. The van der Waals surface area contributed by atoms with E-state index in [4.69, 9.17) is 23.7 Å². The van der Waals surface area contributed by atoms with Gasteiger partial charge in [0, 0.05) is 29.7 Å². The Kier molecular flexibility index (Phi) is 8.08. The van der Waals surface area contributed by atoms with Gasteiger partial charge >= 0.3 is 0 Å². The lowest BCUT2D eigenvalue weighted by molar-refractivity contribution is -0.113. The maximum atomic E-state index is 12.7. The van der Waals surface area contributed by atoms with Crippen molar-refractivity contribution >= 4 is 23.4 Å². The van der Waals surface area contributed by atoms with Gasteiger partial charge in [-0.1, -0.05) is 11.8 Å².